The van der Waals surface area contributed by atoms with E-state index in [4.69, 9.17) is 6.42 Å². The van der Waals surface area contributed by atoms with Crippen LogP contribution in [0.1, 0.15) is 0 Å². The quantitative estimate of drug-likeness (QED) is 0.586. The van der Waals surface area contributed by atoms with Crippen LogP contribution in [-0.2, 0) is 10.0 Å². The molecule has 6 heteroatoms. The van der Waals surface area contributed by atoms with Gasteiger partial charge in [-0.3, -0.25) is 0 Å². The number of anilines is 1. The van der Waals surface area contributed by atoms with Crippen LogP contribution in [0.2, 0.25) is 0 Å². The zero-order chi connectivity index (χ0) is 13.4. The van der Waals surface area contributed by atoms with Gasteiger partial charge in [0, 0.05) is 18.0 Å². The minimum absolute atomic E-state index is 0.261. The Bertz CT molecular complexity index is 504. The summed E-state index contributed by atoms with van der Waals surface area (Å²) in [5, 5.41) is 3.20. The molecule has 1 aromatic rings. The van der Waals surface area contributed by atoms with Crippen LogP contribution in [0.25, 0.3) is 0 Å². The number of rotatable bonds is 7. The first-order chi connectivity index (χ1) is 8.60. The molecule has 0 aromatic heterocycles. The third kappa shape index (κ3) is 4.61. The molecule has 0 atom stereocenters. The van der Waals surface area contributed by atoms with Crippen molar-refractivity contribution in [2.24, 2.45) is 0 Å². The molecule has 0 bridgehead atoms. The van der Waals surface area contributed by atoms with Gasteiger partial charge in [0.15, 0.2) is 0 Å². The SMILES string of the molecule is C#CCSCCNc1ccc(S(=O)(=O)NC)cc1. The highest BCUT2D eigenvalue weighted by atomic mass is 32.2. The van der Waals surface area contributed by atoms with Crippen LogP contribution in [0.3, 0.4) is 0 Å². The summed E-state index contributed by atoms with van der Waals surface area (Å²) < 4.78 is 25.3. The highest BCUT2D eigenvalue weighted by Gasteiger charge is 2.09. The summed E-state index contributed by atoms with van der Waals surface area (Å²) in [7, 11) is -1.96. The van der Waals surface area contributed by atoms with Gasteiger partial charge in [0.1, 0.15) is 0 Å². The van der Waals surface area contributed by atoms with Gasteiger partial charge in [0.2, 0.25) is 10.0 Å². The fraction of sp³-hybridized carbons (Fsp3) is 0.333. The third-order valence-electron chi connectivity index (χ3n) is 2.19. The van der Waals surface area contributed by atoms with Crippen molar-refractivity contribution in [3.63, 3.8) is 0 Å². The van der Waals surface area contributed by atoms with Crippen LogP contribution in [0, 0.1) is 12.3 Å². The van der Waals surface area contributed by atoms with E-state index < -0.39 is 10.0 Å². The van der Waals surface area contributed by atoms with E-state index in [1.54, 1.807) is 36.0 Å². The Morgan fingerprint density at radius 2 is 2.00 bits per heavy atom. The second-order valence-electron chi connectivity index (χ2n) is 3.42. The summed E-state index contributed by atoms with van der Waals surface area (Å²) in [4.78, 5) is 0.261. The molecule has 0 saturated carbocycles. The van der Waals surface area contributed by atoms with Crippen molar-refractivity contribution in [1.82, 2.24) is 4.72 Å². The molecule has 0 radical (unpaired) electrons. The molecule has 0 aliphatic heterocycles. The Labute approximate surface area is 113 Å². The van der Waals surface area contributed by atoms with Crippen molar-refractivity contribution in [3.05, 3.63) is 24.3 Å². The summed E-state index contributed by atoms with van der Waals surface area (Å²) in [6, 6.07) is 6.64. The van der Waals surface area contributed by atoms with Crippen LogP contribution >= 0.6 is 11.8 Å². The van der Waals surface area contributed by atoms with Crippen molar-refractivity contribution in [2.45, 2.75) is 4.90 Å². The number of thioether (sulfide) groups is 1. The molecule has 0 amide bonds. The van der Waals surface area contributed by atoms with Gasteiger partial charge in [-0.25, -0.2) is 13.1 Å². The molecule has 0 fully saturated rings. The summed E-state index contributed by atoms with van der Waals surface area (Å²) >= 11 is 1.68. The van der Waals surface area contributed by atoms with Gasteiger partial charge >= 0.3 is 0 Å². The van der Waals surface area contributed by atoms with E-state index in [0.29, 0.717) is 5.75 Å². The monoisotopic (exact) mass is 284 g/mol. The molecular formula is C12H16N2O2S2. The largest absolute Gasteiger partial charge is 0.384 e. The van der Waals surface area contributed by atoms with E-state index in [0.717, 1.165) is 18.0 Å². The van der Waals surface area contributed by atoms with Crippen LogP contribution in [0.5, 0.6) is 0 Å². The minimum atomic E-state index is -3.35. The number of terminal acetylenes is 1. The average Bonchev–Trinajstić information content (AvgIpc) is 2.39. The maximum absolute atomic E-state index is 11.5. The molecule has 2 N–H and O–H groups in total. The Morgan fingerprint density at radius 3 is 2.56 bits per heavy atom. The normalized spacial score (nSPS) is 10.9. The predicted molar refractivity (Wildman–Crippen MR) is 77.3 cm³/mol. The fourth-order valence-electron chi connectivity index (χ4n) is 1.27. The lowest BCUT2D eigenvalue weighted by molar-refractivity contribution is 0.588. The molecule has 0 saturated heterocycles. The molecule has 18 heavy (non-hydrogen) atoms. The Hall–Kier alpha value is -1.16. The number of sulfonamides is 1. The molecule has 0 aliphatic rings. The second kappa shape index (κ2) is 7.31. The van der Waals surface area contributed by atoms with Gasteiger partial charge in [0.05, 0.1) is 10.6 Å². The molecule has 0 heterocycles. The zero-order valence-corrected chi connectivity index (χ0v) is 11.8. The lowest BCUT2D eigenvalue weighted by Crippen LogP contribution is -2.18. The summed E-state index contributed by atoms with van der Waals surface area (Å²) in [6.07, 6.45) is 5.14. The molecule has 0 unspecified atom stereocenters. The predicted octanol–water partition coefficient (Wildman–Crippen LogP) is 1.37. The van der Waals surface area contributed by atoms with Crippen molar-refractivity contribution in [1.29, 1.82) is 0 Å². The lowest BCUT2D eigenvalue weighted by atomic mass is 10.3. The molecule has 4 nitrogen and oxygen atoms in total. The highest BCUT2D eigenvalue weighted by Crippen LogP contribution is 2.13. The fourth-order valence-corrected chi connectivity index (χ4v) is 2.51. The van der Waals surface area contributed by atoms with E-state index in [1.807, 2.05) is 0 Å². The summed E-state index contributed by atoms with van der Waals surface area (Å²) in [5.41, 5.74) is 0.895. The van der Waals surface area contributed by atoms with E-state index in [2.05, 4.69) is 16.0 Å². The topological polar surface area (TPSA) is 58.2 Å². The first kappa shape index (κ1) is 14.9. The van der Waals surface area contributed by atoms with E-state index in [-0.39, 0.29) is 4.90 Å². The average molecular weight is 284 g/mol. The maximum Gasteiger partial charge on any atom is 0.240 e. The van der Waals surface area contributed by atoms with Crippen molar-refractivity contribution < 1.29 is 8.42 Å². The molecular weight excluding hydrogens is 268 g/mol. The number of benzene rings is 1. The summed E-state index contributed by atoms with van der Waals surface area (Å²) in [5.74, 6) is 4.19. The molecule has 0 spiro atoms. The Balaban J connectivity index is 2.49. The van der Waals surface area contributed by atoms with Gasteiger partial charge in [-0.2, -0.15) is 0 Å². The van der Waals surface area contributed by atoms with Crippen molar-refractivity contribution in [3.8, 4) is 12.3 Å². The van der Waals surface area contributed by atoms with Gasteiger partial charge in [-0.1, -0.05) is 5.92 Å². The lowest BCUT2D eigenvalue weighted by Gasteiger charge is -2.07. The molecule has 1 aromatic carbocycles. The van der Waals surface area contributed by atoms with Gasteiger partial charge in [-0.15, -0.1) is 18.2 Å². The smallest absolute Gasteiger partial charge is 0.240 e. The first-order valence-corrected chi connectivity index (χ1v) is 8.02. The Morgan fingerprint density at radius 1 is 1.33 bits per heavy atom. The molecule has 98 valence electrons. The van der Waals surface area contributed by atoms with Gasteiger partial charge in [-0.05, 0) is 31.3 Å². The zero-order valence-electron chi connectivity index (χ0n) is 10.1. The van der Waals surface area contributed by atoms with E-state index >= 15 is 0 Å². The van der Waals surface area contributed by atoms with Crippen LogP contribution in [0.15, 0.2) is 29.2 Å². The Kier molecular flexibility index (Phi) is 6.05. The van der Waals surface area contributed by atoms with Crippen molar-refractivity contribution in [2.75, 3.05) is 30.4 Å². The van der Waals surface area contributed by atoms with Crippen LogP contribution < -0.4 is 10.0 Å². The van der Waals surface area contributed by atoms with Crippen molar-refractivity contribution >= 4 is 27.5 Å². The molecule has 1 rings (SSSR count). The van der Waals surface area contributed by atoms with Crippen LogP contribution in [-0.4, -0.2) is 33.5 Å². The van der Waals surface area contributed by atoms with E-state index in [1.165, 1.54) is 7.05 Å². The molecule has 0 aliphatic carbocycles. The van der Waals surface area contributed by atoms with Crippen LogP contribution in [0.4, 0.5) is 5.69 Å². The van der Waals surface area contributed by atoms with E-state index in [9.17, 15) is 8.42 Å². The number of hydrogen-bond acceptors (Lipinski definition) is 4. The minimum Gasteiger partial charge on any atom is -0.384 e. The first-order valence-electron chi connectivity index (χ1n) is 5.39. The second-order valence-corrected chi connectivity index (χ2v) is 6.41. The summed E-state index contributed by atoms with van der Waals surface area (Å²) in [6.45, 7) is 0.796. The standard InChI is InChI=1S/C12H16N2O2S2/c1-3-9-17-10-8-14-11-4-6-12(7-5-11)18(15,16)13-2/h1,4-7,13-14H,8-10H2,2H3. The highest BCUT2D eigenvalue weighted by molar-refractivity contribution is 7.99. The third-order valence-corrected chi connectivity index (χ3v) is 4.49. The van der Waals surface area contributed by atoms with Gasteiger partial charge < -0.3 is 5.32 Å². The maximum atomic E-state index is 11.5. The number of hydrogen-bond donors (Lipinski definition) is 2. The number of nitrogens with one attached hydrogen (secondary N) is 2. The van der Waals surface area contributed by atoms with Gasteiger partial charge in [0.25, 0.3) is 0 Å².